The zero-order valence-electron chi connectivity index (χ0n) is 9.26. The Morgan fingerprint density at radius 2 is 2.25 bits per heavy atom. The first-order valence-corrected chi connectivity index (χ1v) is 6.70. The summed E-state index contributed by atoms with van der Waals surface area (Å²) >= 11 is 0. The van der Waals surface area contributed by atoms with Crippen LogP contribution < -0.4 is 5.23 Å². The lowest BCUT2D eigenvalue weighted by atomic mass is 9.68. The van der Waals surface area contributed by atoms with E-state index in [0.717, 1.165) is 30.3 Å². The van der Waals surface area contributed by atoms with Gasteiger partial charge in [0.1, 0.15) is 12.6 Å². The number of hydrogen-bond acceptors (Lipinski definition) is 2. The largest absolute Gasteiger partial charge is 0.600 e. The van der Waals surface area contributed by atoms with E-state index in [-0.39, 0.29) is 5.23 Å². The fourth-order valence-electron chi connectivity index (χ4n) is 5.93. The molecule has 4 aliphatic carbocycles. The van der Waals surface area contributed by atoms with E-state index in [4.69, 9.17) is 4.84 Å². The molecule has 4 fully saturated rings. The third kappa shape index (κ3) is 0.754. The zero-order valence-corrected chi connectivity index (χ0v) is 9.26. The minimum atomic E-state index is 0.132. The summed E-state index contributed by atoms with van der Waals surface area (Å²) in [5.41, 5.74) is 1.75. The summed E-state index contributed by atoms with van der Waals surface area (Å²) < 4.78 is 0. The molecule has 0 aromatic heterocycles. The van der Waals surface area contributed by atoms with Crippen molar-refractivity contribution in [3.8, 4) is 0 Å². The van der Waals surface area contributed by atoms with E-state index >= 15 is 0 Å². The predicted molar refractivity (Wildman–Crippen MR) is 56.9 cm³/mol. The highest BCUT2D eigenvalue weighted by molar-refractivity contribution is 5.30. The molecule has 3 nitrogen and oxygen atoms in total. The van der Waals surface area contributed by atoms with Crippen molar-refractivity contribution >= 4 is 0 Å². The van der Waals surface area contributed by atoms with Crippen LogP contribution in [-0.2, 0) is 4.84 Å². The Kier molecular flexibility index (Phi) is 1.38. The molecule has 3 heteroatoms. The van der Waals surface area contributed by atoms with Crippen molar-refractivity contribution in [2.45, 2.75) is 25.3 Å². The summed E-state index contributed by atoms with van der Waals surface area (Å²) in [6.45, 7) is 0.728. The van der Waals surface area contributed by atoms with E-state index in [9.17, 15) is 5.21 Å². The van der Waals surface area contributed by atoms with E-state index in [1.807, 2.05) is 0 Å². The van der Waals surface area contributed by atoms with E-state index in [1.54, 1.807) is 5.57 Å². The van der Waals surface area contributed by atoms with Gasteiger partial charge in [0, 0.05) is 11.8 Å². The zero-order chi connectivity index (χ0) is 10.4. The maximum Gasteiger partial charge on any atom is 0.126 e. The van der Waals surface area contributed by atoms with Gasteiger partial charge in [-0.2, -0.15) is 0 Å². The fourth-order valence-corrected chi connectivity index (χ4v) is 5.93. The van der Waals surface area contributed by atoms with Crippen LogP contribution in [0.1, 0.15) is 19.3 Å². The molecule has 5 aliphatic rings. The van der Waals surface area contributed by atoms with Crippen LogP contribution in [0.4, 0.5) is 0 Å². The molecule has 1 aliphatic heterocycles. The lowest BCUT2D eigenvalue weighted by Crippen LogP contribution is -3.09. The standard InChI is InChI=1S/C13H17NO2/c15-14-13-9-4-8(10(13)5-16-14)11-6-1-2-7(3-6)12(9)11/h1,7-14H,2-5H2. The van der Waals surface area contributed by atoms with E-state index in [1.165, 1.54) is 19.3 Å². The molecule has 3 saturated carbocycles. The topological polar surface area (TPSA) is 36.7 Å². The Morgan fingerprint density at radius 1 is 1.31 bits per heavy atom. The normalized spacial score (nSPS) is 64.9. The summed E-state index contributed by atoms with van der Waals surface area (Å²) in [4.78, 5) is 5.30. The van der Waals surface area contributed by atoms with Crippen LogP contribution >= 0.6 is 0 Å². The Hall–Kier alpha value is -0.380. The van der Waals surface area contributed by atoms with Gasteiger partial charge in [0.2, 0.25) is 0 Å². The second-order valence-corrected chi connectivity index (χ2v) is 6.47. The summed E-state index contributed by atoms with van der Waals surface area (Å²) in [5, 5.41) is 11.9. The van der Waals surface area contributed by atoms with Crippen LogP contribution in [0.3, 0.4) is 0 Å². The number of rotatable bonds is 0. The number of hydroxylamine groups is 2. The Morgan fingerprint density at radius 3 is 3.19 bits per heavy atom. The molecular weight excluding hydrogens is 202 g/mol. The Bertz CT molecular complexity index is 393. The second kappa shape index (κ2) is 2.55. The van der Waals surface area contributed by atoms with Gasteiger partial charge < -0.3 is 5.21 Å². The first-order valence-electron chi connectivity index (χ1n) is 6.70. The SMILES string of the molecule is [O-][NH+]1OCC2C3CC(C4C5CC=C(C5)C34)C21. The molecule has 0 aromatic carbocycles. The van der Waals surface area contributed by atoms with Crippen LogP contribution in [0, 0.1) is 40.7 Å². The number of fused-ring (bicyclic) bond motifs is 12. The highest BCUT2D eigenvalue weighted by Gasteiger charge is 2.68. The predicted octanol–water partition coefficient (Wildman–Crippen LogP) is 0.531. The summed E-state index contributed by atoms with van der Waals surface area (Å²) in [6.07, 6.45) is 6.48. The molecule has 8 atom stereocenters. The molecule has 0 spiro atoms. The lowest BCUT2D eigenvalue weighted by Gasteiger charge is -2.37. The minimum Gasteiger partial charge on any atom is -0.600 e. The van der Waals surface area contributed by atoms with Crippen LogP contribution in [0.15, 0.2) is 11.6 Å². The highest BCUT2D eigenvalue weighted by atomic mass is 16.9. The average Bonchev–Trinajstić information content (AvgIpc) is 2.99. The van der Waals surface area contributed by atoms with E-state index in [0.29, 0.717) is 17.9 Å². The molecule has 0 radical (unpaired) electrons. The van der Waals surface area contributed by atoms with Crippen molar-refractivity contribution in [1.82, 2.24) is 0 Å². The van der Waals surface area contributed by atoms with Crippen molar-refractivity contribution in [1.29, 1.82) is 0 Å². The number of hydrogen-bond donors (Lipinski definition) is 1. The van der Waals surface area contributed by atoms with Gasteiger partial charge in [0.25, 0.3) is 0 Å². The molecule has 1 N–H and O–H groups in total. The van der Waals surface area contributed by atoms with Gasteiger partial charge in [0.15, 0.2) is 0 Å². The van der Waals surface area contributed by atoms with Crippen LogP contribution in [-0.4, -0.2) is 12.6 Å². The van der Waals surface area contributed by atoms with Gasteiger partial charge in [-0.1, -0.05) is 11.6 Å². The molecule has 1 saturated heterocycles. The summed E-state index contributed by atoms with van der Waals surface area (Å²) in [5.74, 6) is 4.67. The molecule has 1 heterocycles. The summed E-state index contributed by atoms with van der Waals surface area (Å²) in [7, 11) is 0. The Balaban J connectivity index is 1.61. The van der Waals surface area contributed by atoms with Crippen LogP contribution in [0.25, 0.3) is 0 Å². The third-order valence-electron chi connectivity index (χ3n) is 6.23. The molecule has 86 valence electrons. The van der Waals surface area contributed by atoms with Gasteiger partial charge in [-0.05, 0) is 42.9 Å². The maximum absolute atomic E-state index is 11.8. The smallest absolute Gasteiger partial charge is 0.126 e. The first kappa shape index (κ1) is 8.67. The molecule has 16 heavy (non-hydrogen) atoms. The lowest BCUT2D eigenvalue weighted by molar-refractivity contribution is -1.06. The number of allylic oxidation sites excluding steroid dienone is 2. The van der Waals surface area contributed by atoms with Crippen molar-refractivity contribution in [3.63, 3.8) is 0 Å². The van der Waals surface area contributed by atoms with Crippen molar-refractivity contribution in [3.05, 3.63) is 16.9 Å². The maximum atomic E-state index is 11.8. The first-order chi connectivity index (χ1) is 7.84. The van der Waals surface area contributed by atoms with Crippen molar-refractivity contribution in [2.24, 2.45) is 35.5 Å². The molecule has 4 bridgehead atoms. The second-order valence-electron chi connectivity index (χ2n) is 6.47. The molecule has 0 aromatic rings. The number of nitrogens with one attached hydrogen (secondary N) is 1. The third-order valence-corrected chi connectivity index (χ3v) is 6.23. The van der Waals surface area contributed by atoms with Gasteiger partial charge >= 0.3 is 0 Å². The Labute approximate surface area is 95.0 Å². The molecule has 5 rings (SSSR count). The van der Waals surface area contributed by atoms with Crippen molar-refractivity contribution < 1.29 is 10.1 Å². The minimum absolute atomic E-state index is 0.132. The van der Waals surface area contributed by atoms with E-state index < -0.39 is 0 Å². The van der Waals surface area contributed by atoms with Gasteiger partial charge in [-0.15, -0.1) is 0 Å². The van der Waals surface area contributed by atoms with Gasteiger partial charge in [-0.25, -0.2) is 10.1 Å². The molecule has 8 unspecified atom stereocenters. The highest BCUT2D eigenvalue weighted by Crippen LogP contribution is 2.67. The summed E-state index contributed by atoms with van der Waals surface area (Å²) in [6, 6.07) is 0.297. The molecule has 0 amide bonds. The van der Waals surface area contributed by atoms with Gasteiger partial charge in [0.05, 0.1) is 0 Å². The van der Waals surface area contributed by atoms with Gasteiger partial charge in [-0.3, -0.25) is 0 Å². The van der Waals surface area contributed by atoms with Crippen LogP contribution in [0.5, 0.6) is 0 Å². The van der Waals surface area contributed by atoms with Crippen LogP contribution in [0.2, 0.25) is 0 Å². The molecular formula is C13H17NO2. The quantitative estimate of drug-likeness (QED) is 0.366. The van der Waals surface area contributed by atoms with E-state index in [2.05, 4.69) is 6.08 Å². The monoisotopic (exact) mass is 219 g/mol. The van der Waals surface area contributed by atoms with Crippen molar-refractivity contribution in [2.75, 3.05) is 6.61 Å². The fraction of sp³-hybridized carbons (Fsp3) is 0.846. The average molecular weight is 219 g/mol. The number of quaternary nitrogens is 1.